The van der Waals surface area contributed by atoms with Crippen LogP contribution in [0.3, 0.4) is 0 Å². The number of non-ortho nitro benzene ring substituents is 1. The summed E-state index contributed by atoms with van der Waals surface area (Å²) in [5, 5.41) is 29.6. The fourth-order valence-electron chi connectivity index (χ4n) is 2.81. The van der Waals surface area contributed by atoms with E-state index < -0.39 is 21.2 Å². The molecule has 1 aromatic heterocycles. The Kier molecular flexibility index (Phi) is 7.43. The number of benzene rings is 2. The van der Waals surface area contributed by atoms with Crippen molar-refractivity contribution in [2.24, 2.45) is 5.10 Å². The van der Waals surface area contributed by atoms with Gasteiger partial charge in [0.25, 0.3) is 5.69 Å². The summed E-state index contributed by atoms with van der Waals surface area (Å²) < 4.78 is 5.08. The maximum absolute atomic E-state index is 11.3. The normalized spacial score (nSPS) is 10.7. The zero-order valence-corrected chi connectivity index (χ0v) is 18.5. The van der Waals surface area contributed by atoms with Gasteiger partial charge >= 0.3 is 5.69 Å². The van der Waals surface area contributed by atoms with Crippen molar-refractivity contribution >= 4 is 35.4 Å². The van der Waals surface area contributed by atoms with Gasteiger partial charge in [-0.25, -0.2) is 5.43 Å². The van der Waals surface area contributed by atoms with Crippen molar-refractivity contribution in [3.63, 3.8) is 0 Å². The highest BCUT2D eigenvalue weighted by Crippen LogP contribution is 2.34. The molecule has 176 valence electrons. The molecule has 1 heterocycles. The summed E-state index contributed by atoms with van der Waals surface area (Å²) in [5.74, 6) is 0.566. The third-order valence-electron chi connectivity index (χ3n) is 4.38. The van der Waals surface area contributed by atoms with E-state index in [1.165, 1.54) is 7.11 Å². The number of aromatic nitrogens is 3. The Morgan fingerprint density at radius 3 is 2.38 bits per heavy atom. The Labute approximate surface area is 193 Å². The second-order valence-electron chi connectivity index (χ2n) is 6.99. The van der Waals surface area contributed by atoms with Crippen LogP contribution < -0.4 is 20.4 Å². The predicted octanol–water partition coefficient (Wildman–Crippen LogP) is 2.82. The zero-order valence-electron chi connectivity index (χ0n) is 18.5. The van der Waals surface area contributed by atoms with Crippen molar-refractivity contribution in [2.75, 3.05) is 36.8 Å². The van der Waals surface area contributed by atoms with E-state index >= 15 is 0 Å². The molecular formula is C20H21N9O5. The minimum Gasteiger partial charge on any atom is -0.490 e. The predicted molar refractivity (Wildman–Crippen MR) is 125 cm³/mol. The molecule has 2 N–H and O–H groups in total. The first kappa shape index (κ1) is 23.8. The number of nitrogens with zero attached hydrogens (tertiary/aromatic N) is 7. The van der Waals surface area contributed by atoms with Gasteiger partial charge in [0, 0.05) is 26.7 Å². The monoisotopic (exact) mass is 467 g/mol. The highest BCUT2D eigenvalue weighted by Gasteiger charge is 2.24. The summed E-state index contributed by atoms with van der Waals surface area (Å²) in [7, 11) is 4.74. The van der Waals surface area contributed by atoms with E-state index in [-0.39, 0.29) is 17.3 Å². The average molecular weight is 467 g/mol. The van der Waals surface area contributed by atoms with Crippen LogP contribution in [0.5, 0.6) is 5.75 Å². The van der Waals surface area contributed by atoms with Crippen LogP contribution >= 0.6 is 0 Å². The summed E-state index contributed by atoms with van der Waals surface area (Å²) >= 11 is 0. The van der Waals surface area contributed by atoms with Crippen molar-refractivity contribution in [3.8, 4) is 5.75 Å². The van der Waals surface area contributed by atoms with E-state index in [2.05, 4.69) is 30.8 Å². The number of nitro groups is 2. The quantitative estimate of drug-likeness (QED) is 0.255. The van der Waals surface area contributed by atoms with E-state index in [1.54, 1.807) is 19.0 Å². The molecule has 0 aliphatic rings. The molecule has 0 unspecified atom stereocenters. The van der Waals surface area contributed by atoms with Gasteiger partial charge in [-0.3, -0.25) is 20.2 Å². The van der Waals surface area contributed by atoms with Crippen molar-refractivity contribution in [2.45, 2.75) is 6.54 Å². The standard InChI is InChI=1S/C20H21N9O5/c1-27(2)20-24-18(21-11-13-7-5-4-6-8-13)23-19(25-20)26-22-12-14-9-15(28(30)31)10-16(29(32)33)17(14)34-3/h4-10,12H,11H2,1-3H3,(H2,21,23,24,25,26)/b22-12-. The number of rotatable bonds is 10. The minimum atomic E-state index is -0.767. The lowest BCUT2D eigenvalue weighted by molar-refractivity contribution is -0.394. The third-order valence-corrected chi connectivity index (χ3v) is 4.38. The topological polar surface area (TPSA) is 174 Å². The van der Waals surface area contributed by atoms with Crippen molar-refractivity contribution < 1.29 is 14.6 Å². The van der Waals surface area contributed by atoms with Crippen molar-refractivity contribution in [3.05, 3.63) is 73.8 Å². The van der Waals surface area contributed by atoms with Gasteiger partial charge in [0.1, 0.15) is 0 Å². The highest BCUT2D eigenvalue weighted by molar-refractivity contribution is 5.87. The molecule has 0 bridgehead atoms. The minimum absolute atomic E-state index is 0.0280. The number of hydrazone groups is 1. The molecule has 0 radical (unpaired) electrons. The van der Waals surface area contributed by atoms with Crippen molar-refractivity contribution in [1.29, 1.82) is 0 Å². The fourth-order valence-corrected chi connectivity index (χ4v) is 2.81. The third kappa shape index (κ3) is 5.87. The molecule has 0 saturated heterocycles. The number of hydrogen-bond acceptors (Lipinski definition) is 12. The van der Waals surface area contributed by atoms with Crippen molar-refractivity contribution in [1.82, 2.24) is 15.0 Å². The molecule has 0 aliphatic heterocycles. The first-order valence-corrected chi connectivity index (χ1v) is 9.79. The molecule has 0 fully saturated rings. The van der Waals surface area contributed by atoms with E-state index in [9.17, 15) is 20.2 Å². The van der Waals surface area contributed by atoms with E-state index in [0.29, 0.717) is 18.4 Å². The van der Waals surface area contributed by atoms with E-state index in [0.717, 1.165) is 23.9 Å². The van der Waals surface area contributed by atoms with Crippen LogP contribution in [0, 0.1) is 20.2 Å². The summed E-state index contributed by atoms with van der Waals surface area (Å²) in [6.07, 6.45) is 1.15. The maximum atomic E-state index is 11.3. The van der Waals surface area contributed by atoms with Gasteiger partial charge in [-0.05, 0) is 5.56 Å². The van der Waals surface area contributed by atoms with Crippen LogP contribution in [0.15, 0.2) is 47.6 Å². The molecule has 0 atom stereocenters. The lowest BCUT2D eigenvalue weighted by Crippen LogP contribution is -2.16. The maximum Gasteiger partial charge on any atom is 0.318 e. The smallest absolute Gasteiger partial charge is 0.318 e. The number of anilines is 3. The number of hydrogen-bond donors (Lipinski definition) is 2. The molecule has 0 spiro atoms. The van der Waals surface area contributed by atoms with Crippen LogP contribution in [0.2, 0.25) is 0 Å². The van der Waals surface area contributed by atoms with Gasteiger partial charge in [0.15, 0.2) is 0 Å². The molecule has 0 saturated carbocycles. The number of nitrogens with one attached hydrogen (secondary N) is 2. The molecule has 14 nitrogen and oxygen atoms in total. The van der Waals surface area contributed by atoms with Crippen LogP contribution in [0.25, 0.3) is 0 Å². The Bertz CT molecular complexity index is 1220. The van der Waals surface area contributed by atoms with Crippen LogP contribution in [0.1, 0.15) is 11.1 Å². The SMILES string of the molecule is COc1c(/C=N\Nc2nc(NCc3ccccc3)nc(N(C)C)n2)cc([N+](=O)[O-])cc1[N+](=O)[O-]. The summed E-state index contributed by atoms with van der Waals surface area (Å²) in [5.41, 5.74) is 2.65. The number of ether oxygens (including phenoxy) is 1. The Morgan fingerprint density at radius 1 is 1.06 bits per heavy atom. The second kappa shape index (κ2) is 10.6. The lowest BCUT2D eigenvalue weighted by atomic mass is 10.1. The summed E-state index contributed by atoms with van der Waals surface area (Å²) in [4.78, 5) is 35.5. The Hall–Kier alpha value is -4.88. The number of methoxy groups -OCH3 is 1. The van der Waals surface area contributed by atoms with Gasteiger partial charge in [-0.15, -0.1) is 0 Å². The molecule has 3 aromatic rings. The molecular weight excluding hydrogens is 446 g/mol. The lowest BCUT2D eigenvalue weighted by Gasteiger charge is -2.13. The van der Waals surface area contributed by atoms with E-state index in [1.807, 2.05) is 30.3 Å². The van der Waals surface area contributed by atoms with Gasteiger partial charge in [-0.1, -0.05) is 30.3 Å². The Balaban J connectivity index is 1.86. The first-order valence-electron chi connectivity index (χ1n) is 9.79. The first-order chi connectivity index (χ1) is 16.3. The summed E-state index contributed by atoms with van der Waals surface area (Å²) in [6.45, 7) is 0.481. The van der Waals surface area contributed by atoms with E-state index in [4.69, 9.17) is 4.74 Å². The molecule has 34 heavy (non-hydrogen) atoms. The molecule has 14 heteroatoms. The Morgan fingerprint density at radius 2 is 1.76 bits per heavy atom. The second-order valence-corrected chi connectivity index (χ2v) is 6.99. The van der Waals surface area contributed by atoms with Gasteiger partial charge < -0.3 is 15.0 Å². The summed E-state index contributed by atoms with van der Waals surface area (Å²) in [6, 6.07) is 11.6. The largest absolute Gasteiger partial charge is 0.490 e. The molecule has 2 aromatic carbocycles. The fraction of sp³-hybridized carbons (Fsp3) is 0.200. The van der Waals surface area contributed by atoms with Gasteiger partial charge in [0.05, 0.1) is 34.8 Å². The van der Waals surface area contributed by atoms with Gasteiger partial charge in [0.2, 0.25) is 23.6 Å². The molecule has 0 aliphatic carbocycles. The molecule has 0 amide bonds. The van der Waals surface area contributed by atoms with Gasteiger partial charge in [-0.2, -0.15) is 20.1 Å². The van der Waals surface area contributed by atoms with Crippen LogP contribution in [-0.2, 0) is 6.54 Å². The highest BCUT2D eigenvalue weighted by atomic mass is 16.6. The molecule has 3 rings (SSSR count). The average Bonchev–Trinajstić information content (AvgIpc) is 2.82. The number of nitro benzene ring substituents is 2. The van der Waals surface area contributed by atoms with Crippen LogP contribution in [0.4, 0.5) is 29.2 Å². The van der Waals surface area contributed by atoms with Crippen LogP contribution in [-0.4, -0.2) is 52.2 Å². The zero-order chi connectivity index (χ0) is 24.7.